The second kappa shape index (κ2) is 23.7. The maximum atomic E-state index is 14.3. The molecule has 1 fully saturated rings. The van der Waals surface area contributed by atoms with E-state index in [1.165, 1.54) is 0 Å². The molecule has 1 aromatic carbocycles. The molecule has 9 atom stereocenters. The van der Waals surface area contributed by atoms with Gasteiger partial charge in [0.2, 0.25) is 29.5 Å². The Hall–Kier alpha value is -3.75. The average molecular weight is 816 g/mol. The number of rotatable bonds is 23. The molecule has 1 aromatic rings. The number of nitrogens with one attached hydrogen (secondary N) is 3. The van der Waals surface area contributed by atoms with E-state index in [2.05, 4.69) is 16.0 Å². The standard InChI is InChI=1S/C44H77N7O7/c1-15-29(8)39(50(12)44(56)37(27(4)5)48-43(55)38(28(6)7)49(10)11)35(57-13)24-36(52)51-22-16-17-34(51)40(58-14)30(9)41(53)47-33(23-26(2)3)42(54)46-25-31-18-20-32(45)21-19-31/h18-21,26-30,33-35,37-40H,15-17,22-25,45H2,1-14H3,(H,46,54)(H,47,53)(H,48,55)/t29-,30+,33-,34-,35+,37-,38-,39-,40+/m0/s1. The molecule has 0 unspecified atom stereocenters. The van der Waals surface area contributed by atoms with Crippen molar-refractivity contribution in [1.29, 1.82) is 0 Å². The predicted molar refractivity (Wildman–Crippen MR) is 229 cm³/mol. The molecular weight excluding hydrogens is 739 g/mol. The van der Waals surface area contributed by atoms with Crippen LogP contribution in [0, 0.1) is 29.6 Å². The Bertz CT molecular complexity index is 1460. The van der Waals surface area contributed by atoms with E-state index < -0.39 is 42.3 Å². The molecule has 1 saturated heterocycles. The van der Waals surface area contributed by atoms with E-state index in [1.54, 1.807) is 50.1 Å². The monoisotopic (exact) mass is 816 g/mol. The molecule has 14 heteroatoms. The summed E-state index contributed by atoms with van der Waals surface area (Å²) in [5.41, 5.74) is 7.33. The number of nitrogens with zero attached hydrogens (tertiary/aromatic N) is 3. The number of carbonyl (C=O) groups is 5. The lowest BCUT2D eigenvalue weighted by Gasteiger charge is -2.41. The van der Waals surface area contributed by atoms with Gasteiger partial charge in [0, 0.05) is 40.0 Å². The summed E-state index contributed by atoms with van der Waals surface area (Å²) < 4.78 is 12.0. The van der Waals surface area contributed by atoms with Gasteiger partial charge in [-0.3, -0.25) is 28.9 Å². The summed E-state index contributed by atoms with van der Waals surface area (Å²) in [5, 5.41) is 8.96. The summed E-state index contributed by atoms with van der Waals surface area (Å²) in [4.78, 5) is 74.6. The fourth-order valence-corrected chi connectivity index (χ4v) is 8.37. The predicted octanol–water partition coefficient (Wildman–Crippen LogP) is 4.06. The quantitative estimate of drug-likeness (QED) is 0.119. The molecule has 330 valence electrons. The van der Waals surface area contributed by atoms with Gasteiger partial charge in [0.15, 0.2) is 0 Å². The van der Waals surface area contributed by atoms with Crippen LogP contribution >= 0.6 is 0 Å². The Kier molecular flexibility index (Phi) is 20.6. The van der Waals surface area contributed by atoms with Gasteiger partial charge in [0.25, 0.3) is 0 Å². The number of hydrogen-bond donors (Lipinski definition) is 4. The third-order valence-corrected chi connectivity index (χ3v) is 11.7. The molecule has 58 heavy (non-hydrogen) atoms. The average Bonchev–Trinajstić information content (AvgIpc) is 3.64. The number of carbonyl (C=O) groups excluding carboxylic acids is 5. The summed E-state index contributed by atoms with van der Waals surface area (Å²) in [6.07, 6.45) is 1.29. The van der Waals surface area contributed by atoms with Crippen molar-refractivity contribution in [2.45, 2.75) is 143 Å². The van der Waals surface area contributed by atoms with E-state index in [4.69, 9.17) is 15.2 Å². The largest absolute Gasteiger partial charge is 0.399 e. The van der Waals surface area contributed by atoms with E-state index in [1.807, 2.05) is 86.5 Å². The molecule has 1 heterocycles. The topological polar surface area (TPSA) is 176 Å². The number of benzene rings is 1. The first-order valence-electron chi connectivity index (χ1n) is 21.2. The molecule has 5 amide bonds. The Morgan fingerprint density at radius 2 is 1.48 bits per heavy atom. The zero-order valence-corrected chi connectivity index (χ0v) is 38.0. The van der Waals surface area contributed by atoms with Crippen LogP contribution in [-0.4, -0.2) is 129 Å². The fourth-order valence-electron chi connectivity index (χ4n) is 8.37. The van der Waals surface area contributed by atoms with Crippen LogP contribution in [0.25, 0.3) is 0 Å². The second-order valence-corrected chi connectivity index (χ2v) is 17.6. The molecule has 1 aliphatic rings. The SMILES string of the molecule is CC[C@H](C)[C@@H]([C@@H](CC(=O)N1CCC[C@H]1[C@H](OC)[C@@H](C)C(=O)N[C@@H](CC(C)C)C(=O)NCc1ccc(N)cc1)OC)N(C)C(=O)[C@@H](NC(=O)[C@H](C(C)C)N(C)C)C(C)C. The molecule has 0 spiro atoms. The van der Waals surface area contributed by atoms with Crippen LogP contribution in [0.1, 0.15) is 100.0 Å². The van der Waals surface area contributed by atoms with Gasteiger partial charge < -0.3 is 41.0 Å². The van der Waals surface area contributed by atoms with Crippen LogP contribution < -0.4 is 21.7 Å². The lowest BCUT2D eigenvalue weighted by molar-refractivity contribution is -0.148. The van der Waals surface area contributed by atoms with Crippen LogP contribution in [-0.2, 0) is 40.0 Å². The number of methoxy groups -OCH3 is 2. The minimum Gasteiger partial charge on any atom is -0.399 e. The molecule has 0 saturated carbocycles. The van der Waals surface area contributed by atoms with Crippen LogP contribution in [0.3, 0.4) is 0 Å². The minimum atomic E-state index is -0.772. The zero-order valence-electron chi connectivity index (χ0n) is 38.0. The van der Waals surface area contributed by atoms with E-state index in [9.17, 15) is 24.0 Å². The number of anilines is 1. The Labute approximate surface area is 349 Å². The van der Waals surface area contributed by atoms with Gasteiger partial charge in [-0.1, -0.05) is 80.9 Å². The van der Waals surface area contributed by atoms with Crippen molar-refractivity contribution in [3.63, 3.8) is 0 Å². The highest BCUT2D eigenvalue weighted by Gasteiger charge is 2.43. The number of hydrogen-bond acceptors (Lipinski definition) is 9. The van der Waals surface area contributed by atoms with E-state index in [-0.39, 0.29) is 65.7 Å². The van der Waals surface area contributed by atoms with E-state index in [0.29, 0.717) is 31.6 Å². The normalized spacial score (nSPS) is 18.7. The summed E-state index contributed by atoms with van der Waals surface area (Å²) in [6.45, 7) is 18.4. The molecule has 0 bridgehead atoms. The van der Waals surface area contributed by atoms with Gasteiger partial charge in [-0.25, -0.2) is 0 Å². The van der Waals surface area contributed by atoms with Gasteiger partial charge in [-0.2, -0.15) is 0 Å². The van der Waals surface area contributed by atoms with Gasteiger partial charge >= 0.3 is 0 Å². The maximum absolute atomic E-state index is 14.3. The molecular formula is C44H77N7O7. The lowest BCUT2D eigenvalue weighted by atomic mass is 9.89. The minimum absolute atomic E-state index is 0.00996. The van der Waals surface area contributed by atoms with Gasteiger partial charge in [-0.05, 0) is 74.7 Å². The van der Waals surface area contributed by atoms with Crippen molar-refractivity contribution in [2.24, 2.45) is 29.6 Å². The van der Waals surface area contributed by atoms with Crippen LogP contribution in [0.4, 0.5) is 5.69 Å². The van der Waals surface area contributed by atoms with Gasteiger partial charge in [-0.15, -0.1) is 0 Å². The van der Waals surface area contributed by atoms with E-state index >= 15 is 0 Å². The fraction of sp³-hybridized carbons (Fsp3) is 0.750. The van der Waals surface area contributed by atoms with Crippen molar-refractivity contribution in [3.05, 3.63) is 29.8 Å². The second-order valence-electron chi connectivity index (χ2n) is 17.6. The van der Waals surface area contributed by atoms with Crippen LogP contribution in [0.5, 0.6) is 0 Å². The first kappa shape index (κ1) is 50.4. The first-order valence-corrected chi connectivity index (χ1v) is 21.2. The summed E-state index contributed by atoms with van der Waals surface area (Å²) in [7, 11) is 8.54. The maximum Gasteiger partial charge on any atom is 0.245 e. The lowest BCUT2D eigenvalue weighted by Crippen LogP contribution is -2.59. The summed E-state index contributed by atoms with van der Waals surface area (Å²) in [6, 6.07) is 4.47. The molecule has 0 aromatic heterocycles. The molecule has 0 radical (unpaired) electrons. The van der Waals surface area contributed by atoms with Crippen LogP contribution in [0.15, 0.2) is 24.3 Å². The van der Waals surface area contributed by atoms with E-state index in [0.717, 1.165) is 18.4 Å². The first-order chi connectivity index (χ1) is 27.2. The Morgan fingerprint density at radius 1 is 0.862 bits per heavy atom. The van der Waals surface area contributed by atoms with Gasteiger partial charge in [0.1, 0.15) is 12.1 Å². The highest BCUT2D eigenvalue weighted by atomic mass is 16.5. The van der Waals surface area contributed by atoms with Crippen molar-refractivity contribution >= 4 is 35.2 Å². The number of likely N-dealkylation sites (N-methyl/N-ethyl adjacent to an activating group) is 2. The molecule has 0 aliphatic carbocycles. The Morgan fingerprint density at radius 3 is 1.98 bits per heavy atom. The highest BCUT2D eigenvalue weighted by molar-refractivity contribution is 5.90. The molecule has 5 N–H and O–H groups in total. The van der Waals surface area contributed by atoms with Gasteiger partial charge in [0.05, 0.1) is 42.7 Å². The van der Waals surface area contributed by atoms with Crippen molar-refractivity contribution < 1.29 is 33.4 Å². The zero-order chi connectivity index (χ0) is 44.0. The van der Waals surface area contributed by atoms with Crippen LogP contribution in [0.2, 0.25) is 0 Å². The number of nitrogen functional groups attached to an aromatic ring is 1. The summed E-state index contributed by atoms with van der Waals surface area (Å²) >= 11 is 0. The molecule has 2 rings (SSSR count). The number of amides is 5. The smallest absolute Gasteiger partial charge is 0.245 e. The Balaban J connectivity index is 2.26. The van der Waals surface area contributed by atoms with Crippen molar-refractivity contribution in [2.75, 3.05) is 47.6 Å². The third-order valence-electron chi connectivity index (χ3n) is 11.7. The van der Waals surface area contributed by atoms with Crippen molar-refractivity contribution in [3.8, 4) is 0 Å². The van der Waals surface area contributed by atoms with Crippen molar-refractivity contribution in [1.82, 2.24) is 30.7 Å². The third kappa shape index (κ3) is 13.9. The number of likely N-dealkylation sites (tertiary alicyclic amines) is 1. The number of nitrogens with two attached hydrogens (primary N) is 1. The number of ether oxygens (including phenoxy) is 2. The molecule has 14 nitrogen and oxygen atoms in total. The highest BCUT2D eigenvalue weighted by Crippen LogP contribution is 2.30. The summed E-state index contributed by atoms with van der Waals surface area (Å²) in [5.74, 6) is -1.93. The molecule has 1 aliphatic heterocycles.